The number of aliphatic imine (C=N–C) groups is 1. The van der Waals surface area contributed by atoms with E-state index in [0.717, 1.165) is 28.9 Å². The van der Waals surface area contributed by atoms with Crippen molar-refractivity contribution in [2.75, 3.05) is 13.6 Å². The van der Waals surface area contributed by atoms with Crippen LogP contribution in [-0.2, 0) is 13.1 Å². The van der Waals surface area contributed by atoms with Crippen molar-refractivity contribution >= 4 is 5.96 Å². The zero-order chi connectivity index (χ0) is 17.5. The predicted octanol–water partition coefficient (Wildman–Crippen LogP) is 1.85. The fraction of sp³-hybridized carbons (Fsp3) is 0.533. The van der Waals surface area contributed by atoms with Gasteiger partial charge in [-0.05, 0) is 26.3 Å². The molecule has 0 unspecified atom stereocenters. The SMILES string of the molecule is CN=C(NCCCn1nc(C)cc1C)NCc1nccn1C(F)F. The highest BCUT2D eigenvalue weighted by atomic mass is 19.3. The van der Waals surface area contributed by atoms with Gasteiger partial charge >= 0.3 is 6.55 Å². The molecule has 2 aromatic rings. The van der Waals surface area contributed by atoms with Gasteiger partial charge in [0.1, 0.15) is 5.82 Å². The van der Waals surface area contributed by atoms with Crippen molar-refractivity contribution < 1.29 is 8.78 Å². The number of alkyl halides is 2. The van der Waals surface area contributed by atoms with Crippen molar-refractivity contribution in [3.05, 3.63) is 35.7 Å². The van der Waals surface area contributed by atoms with E-state index in [-0.39, 0.29) is 12.4 Å². The summed E-state index contributed by atoms with van der Waals surface area (Å²) in [5, 5.41) is 10.5. The van der Waals surface area contributed by atoms with Crippen LogP contribution in [-0.4, -0.2) is 38.9 Å². The minimum atomic E-state index is -2.60. The lowest BCUT2D eigenvalue weighted by Gasteiger charge is -2.13. The van der Waals surface area contributed by atoms with Crippen molar-refractivity contribution in [2.24, 2.45) is 4.99 Å². The molecule has 0 aliphatic heterocycles. The van der Waals surface area contributed by atoms with E-state index >= 15 is 0 Å². The molecule has 9 heteroatoms. The van der Waals surface area contributed by atoms with E-state index in [1.54, 1.807) is 7.05 Å². The van der Waals surface area contributed by atoms with Gasteiger partial charge in [-0.1, -0.05) is 0 Å². The van der Waals surface area contributed by atoms with E-state index in [9.17, 15) is 8.78 Å². The van der Waals surface area contributed by atoms with E-state index in [2.05, 4.69) is 25.7 Å². The third-order valence-corrected chi connectivity index (χ3v) is 3.54. The number of rotatable bonds is 7. The van der Waals surface area contributed by atoms with Crippen molar-refractivity contribution in [3.63, 3.8) is 0 Å². The molecule has 0 saturated carbocycles. The maximum Gasteiger partial charge on any atom is 0.319 e. The van der Waals surface area contributed by atoms with Crippen molar-refractivity contribution in [2.45, 2.75) is 39.9 Å². The van der Waals surface area contributed by atoms with E-state index in [4.69, 9.17) is 0 Å². The van der Waals surface area contributed by atoms with Crippen LogP contribution in [0.15, 0.2) is 23.5 Å². The molecule has 2 heterocycles. The minimum absolute atomic E-state index is 0.175. The predicted molar refractivity (Wildman–Crippen MR) is 88.0 cm³/mol. The van der Waals surface area contributed by atoms with Gasteiger partial charge in [0, 0.05) is 38.2 Å². The maximum atomic E-state index is 12.8. The Labute approximate surface area is 139 Å². The average Bonchev–Trinajstić information content (AvgIpc) is 3.13. The molecule has 2 rings (SSSR count). The molecule has 2 N–H and O–H groups in total. The van der Waals surface area contributed by atoms with Crippen molar-refractivity contribution in [3.8, 4) is 0 Å². The summed E-state index contributed by atoms with van der Waals surface area (Å²) in [5.41, 5.74) is 2.14. The summed E-state index contributed by atoms with van der Waals surface area (Å²) in [5.74, 6) is 0.808. The highest BCUT2D eigenvalue weighted by Gasteiger charge is 2.11. The van der Waals surface area contributed by atoms with E-state index < -0.39 is 6.55 Å². The van der Waals surface area contributed by atoms with Crippen LogP contribution in [0.3, 0.4) is 0 Å². The molecule has 24 heavy (non-hydrogen) atoms. The van der Waals surface area contributed by atoms with Gasteiger partial charge in [-0.2, -0.15) is 13.9 Å². The Kier molecular flexibility index (Phi) is 6.28. The summed E-state index contributed by atoms with van der Waals surface area (Å²) in [6, 6.07) is 2.04. The molecule has 132 valence electrons. The Morgan fingerprint density at radius 3 is 2.75 bits per heavy atom. The second-order valence-electron chi connectivity index (χ2n) is 5.38. The van der Waals surface area contributed by atoms with Crippen LogP contribution >= 0.6 is 0 Å². The number of nitrogens with one attached hydrogen (secondary N) is 2. The maximum absolute atomic E-state index is 12.8. The molecule has 0 fully saturated rings. The summed E-state index contributed by atoms with van der Waals surface area (Å²) < 4.78 is 28.3. The second-order valence-corrected chi connectivity index (χ2v) is 5.38. The molecule has 0 radical (unpaired) electrons. The molecule has 0 bridgehead atoms. The molecule has 0 aliphatic rings. The van der Waals surface area contributed by atoms with E-state index in [0.29, 0.717) is 12.5 Å². The average molecular weight is 339 g/mol. The fourth-order valence-corrected chi connectivity index (χ4v) is 2.38. The number of halogens is 2. The molecule has 0 amide bonds. The number of hydrogen-bond acceptors (Lipinski definition) is 3. The Morgan fingerprint density at radius 2 is 2.12 bits per heavy atom. The number of aromatic nitrogens is 4. The molecule has 0 saturated heterocycles. The van der Waals surface area contributed by atoms with Gasteiger partial charge in [-0.15, -0.1) is 0 Å². The van der Waals surface area contributed by atoms with Crippen LogP contribution in [0.4, 0.5) is 8.78 Å². The first-order valence-corrected chi connectivity index (χ1v) is 7.76. The summed E-state index contributed by atoms with van der Waals surface area (Å²) >= 11 is 0. The number of nitrogens with zero attached hydrogens (tertiary/aromatic N) is 5. The second kappa shape index (κ2) is 8.42. The van der Waals surface area contributed by atoms with Crippen LogP contribution in [0.2, 0.25) is 0 Å². The first-order chi connectivity index (χ1) is 11.5. The van der Waals surface area contributed by atoms with Gasteiger partial charge < -0.3 is 10.6 Å². The summed E-state index contributed by atoms with van der Waals surface area (Å²) in [7, 11) is 1.63. The Hall–Kier alpha value is -2.45. The lowest BCUT2D eigenvalue weighted by atomic mass is 10.4. The standard InChI is InChI=1S/C15H23F2N7/c1-11-9-12(2)24(22-11)7-4-5-20-15(18-3)21-10-13-19-6-8-23(13)14(16)17/h6,8-9,14H,4-5,7,10H2,1-3H3,(H2,18,20,21). The first kappa shape index (κ1) is 17.9. The normalized spacial score (nSPS) is 12.0. The van der Waals surface area contributed by atoms with E-state index in [1.165, 1.54) is 12.4 Å². The van der Waals surface area contributed by atoms with Gasteiger partial charge in [-0.25, -0.2) is 4.98 Å². The third-order valence-electron chi connectivity index (χ3n) is 3.54. The molecule has 7 nitrogen and oxygen atoms in total. The highest BCUT2D eigenvalue weighted by Crippen LogP contribution is 2.11. The summed E-state index contributed by atoms with van der Waals surface area (Å²) in [6.07, 6.45) is 3.48. The van der Waals surface area contributed by atoms with Gasteiger partial charge in [-0.3, -0.25) is 14.2 Å². The monoisotopic (exact) mass is 339 g/mol. The van der Waals surface area contributed by atoms with Gasteiger partial charge in [0.25, 0.3) is 0 Å². The number of guanidine groups is 1. The molecule has 0 aliphatic carbocycles. The van der Waals surface area contributed by atoms with Crippen molar-refractivity contribution in [1.29, 1.82) is 0 Å². The fourth-order valence-electron chi connectivity index (χ4n) is 2.38. The number of imidazole rings is 1. The third kappa shape index (κ3) is 4.77. The van der Waals surface area contributed by atoms with Crippen LogP contribution < -0.4 is 10.6 Å². The Morgan fingerprint density at radius 1 is 1.33 bits per heavy atom. The van der Waals surface area contributed by atoms with Gasteiger partial charge in [0.05, 0.1) is 12.2 Å². The molecular weight excluding hydrogens is 316 g/mol. The Balaban J connectivity index is 1.74. The first-order valence-electron chi connectivity index (χ1n) is 7.76. The van der Waals surface area contributed by atoms with Crippen molar-refractivity contribution in [1.82, 2.24) is 30.0 Å². The number of hydrogen-bond donors (Lipinski definition) is 2. The quantitative estimate of drug-likeness (QED) is 0.459. The molecule has 0 spiro atoms. The molecule has 0 atom stereocenters. The van der Waals surface area contributed by atoms with Crippen LogP contribution in [0, 0.1) is 13.8 Å². The van der Waals surface area contributed by atoms with Gasteiger partial charge in [0.2, 0.25) is 0 Å². The lowest BCUT2D eigenvalue weighted by molar-refractivity contribution is 0.0668. The minimum Gasteiger partial charge on any atom is -0.356 e. The number of aryl methyl sites for hydroxylation is 3. The molecule has 2 aromatic heterocycles. The highest BCUT2D eigenvalue weighted by molar-refractivity contribution is 5.79. The largest absolute Gasteiger partial charge is 0.356 e. The zero-order valence-electron chi connectivity index (χ0n) is 14.1. The summed E-state index contributed by atoms with van der Waals surface area (Å²) in [4.78, 5) is 7.99. The zero-order valence-corrected chi connectivity index (χ0v) is 14.1. The molecule has 0 aromatic carbocycles. The van der Waals surface area contributed by atoms with Crippen LogP contribution in [0.1, 0.15) is 30.2 Å². The summed E-state index contributed by atoms with van der Waals surface area (Å²) in [6.45, 7) is 3.07. The van der Waals surface area contributed by atoms with Crippen LogP contribution in [0.5, 0.6) is 0 Å². The van der Waals surface area contributed by atoms with Gasteiger partial charge in [0.15, 0.2) is 5.96 Å². The smallest absolute Gasteiger partial charge is 0.319 e. The Bertz CT molecular complexity index is 675. The molecular formula is C15H23F2N7. The van der Waals surface area contributed by atoms with Crippen LogP contribution in [0.25, 0.3) is 0 Å². The topological polar surface area (TPSA) is 72.1 Å². The lowest BCUT2D eigenvalue weighted by Crippen LogP contribution is -2.38. The van der Waals surface area contributed by atoms with E-state index in [1.807, 2.05) is 24.6 Å².